The maximum Gasteiger partial charge on any atom is 0.416 e. The van der Waals surface area contributed by atoms with Gasteiger partial charge in [0.2, 0.25) is 27.4 Å². The summed E-state index contributed by atoms with van der Waals surface area (Å²) >= 11 is 0. The number of hydrogen-bond donors (Lipinski definition) is 3. The Morgan fingerprint density at radius 1 is 1.00 bits per heavy atom. The van der Waals surface area contributed by atoms with E-state index in [1.807, 2.05) is 12.2 Å². The van der Waals surface area contributed by atoms with Crippen LogP contribution in [0.4, 0.5) is 18.0 Å². The molecule has 20 heteroatoms. The highest BCUT2D eigenvalue weighted by molar-refractivity contribution is 7.91. The molecule has 5 aliphatic rings. The van der Waals surface area contributed by atoms with Crippen LogP contribution in [0.3, 0.4) is 0 Å². The van der Waals surface area contributed by atoms with Gasteiger partial charge in [0.15, 0.2) is 5.82 Å². The fourth-order valence-electron chi connectivity index (χ4n) is 8.69. The van der Waals surface area contributed by atoms with Crippen molar-refractivity contribution in [3.8, 4) is 17.3 Å². The number of rotatable bonds is 7. The minimum atomic E-state index is -4.57. The molecule has 16 nitrogen and oxygen atoms in total. The molecule has 2 aliphatic carbocycles. The van der Waals surface area contributed by atoms with Gasteiger partial charge in [-0.3, -0.25) is 19.1 Å². The van der Waals surface area contributed by atoms with Crippen molar-refractivity contribution in [1.29, 1.82) is 0 Å². The molecule has 2 aromatic heterocycles. The minimum Gasteiger partial charge on any atom is -0.470 e. The summed E-state index contributed by atoms with van der Waals surface area (Å²) in [5, 5.41) is 6.35. The molecule has 3 N–H and O–H groups in total. The molecule has 4 aromatic rings. The first-order valence-corrected chi connectivity index (χ1v) is 23.1. The Morgan fingerprint density at radius 3 is 2.48 bits per heavy atom. The van der Waals surface area contributed by atoms with Crippen LogP contribution in [0.2, 0.25) is 0 Å². The van der Waals surface area contributed by atoms with Gasteiger partial charge in [-0.25, -0.2) is 18.2 Å². The Balaban J connectivity index is 1.06. The molecule has 5 heterocycles. The quantitative estimate of drug-likeness (QED) is 0.206. The number of fused-ring (bicyclic) bond motifs is 5. The summed E-state index contributed by atoms with van der Waals surface area (Å²) in [7, 11) is -4.07. The molecule has 0 radical (unpaired) electrons. The van der Waals surface area contributed by atoms with Gasteiger partial charge in [-0.05, 0) is 69.7 Å². The molecule has 0 unspecified atom stereocenters. The van der Waals surface area contributed by atoms with Crippen LogP contribution in [0.25, 0.3) is 33.5 Å². The lowest BCUT2D eigenvalue weighted by molar-refractivity contribution is -0.141. The molecule has 2 saturated heterocycles. The number of carbonyl (C=O) groups is 4. The van der Waals surface area contributed by atoms with Crippen molar-refractivity contribution < 1.29 is 54.7 Å². The van der Waals surface area contributed by atoms with Gasteiger partial charge >= 0.3 is 12.2 Å². The number of carbonyl (C=O) groups excluding carboxylic acids is 4. The van der Waals surface area contributed by atoms with E-state index in [0.29, 0.717) is 74.9 Å². The highest BCUT2D eigenvalue weighted by atomic mass is 32.2. The largest absolute Gasteiger partial charge is 0.470 e. The number of furan rings is 1. The second kappa shape index (κ2) is 16.7. The van der Waals surface area contributed by atoms with E-state index in [4.69, 9.17) is 13.9 Å². The summed E-state index contributed by atoms with van der Waals surface area (Å²) in [4.78, 5) is 69.3. The van der Waals surface area contributed by atoms with Crippen LogP contribution < -0.4 is 20.1 Å². The summed E-state index contributed by atoms with van der Waals surface area (Å²) in [5.74, 6) is -2.72. The molecule has 2 saturated carbocycles. The number of hydrogen-bond acceptors (Lipinski definition) is 11. The Bertz CT molecular complexity index is 2630. The van der Waals surface area contributed by atoms with Gasteiger partial charge in [0.25, 0.3) is 11.8 Å². The summed E-state index contributed by atoms with van der Waals surface area (Å²) < 4.78 is 86.3. The molecule has 3 aliphatic heterocycles. The maximum absolute atomic E-state index is 14.8. The van der Waals surface area contributed by atoms with E-state index >= 15 is 0 Å². The lowest BCUT2D eigenvalue weighted by Crippen LogP contribution is -2.59. The summed E-state index contributed by atoms with van der Waals surface area (Å²) in [6, 6.07) is 8.57. The van der Waals surface area contributed by atoms with Crippen molar-refractivity contribution in [3.05, 3.63) is 66.2 Å². The van der Waals surface area contributed by atoms with Gasteiger partial charge in [0, 0.05) is 36.4 Å². The Kier molecular flexibility index (Phi) is 11.3. The summed E-state index contributed by atoms with van der Waals surface area (Å²) in [6.45, 7) is 2.70. The first-order valence-electron chi connectivity index (χ1n) is 21.6. The van der Waals surface area contributed by atoms with E-state index in [0.717, 1.165) is 18.6 Å². The summed E-state index contributed by atoms with van der Waals surface area (Å²) in [5.41, 5.74) is -1.34. The molecule has 64 heavy (non-hydrogen) atoms. The standard InChI is InChI=1S/C44H48F3N7O9S/c1-42(17-18-42)64(59,60)52-40(57)43-24-28(43)9-5-3-2-4-6-11-31(48-41(58)53-19-21-61-22-20-53)39(56)54-25-29(23-32(54)37(55)51-43)62-38-35-34(30-10-7-8-12-33(30)63-35)49-36(50-38)26-13-15-27(16-14-26)44(45,46)47/h5,7-10,12-16,28-29,31-32H,2-4,6,11,17-25H2,1H3,(H,48,58)(H,51,55)(H,52,57)/b9-5-/t28-,29+,31-,32-,43+/m0/s1. The number of nitrogens with one attached hydrogen (secondary N) is 3. The predicted molar refractivity (Wildman–Crippen MR) is 225 cm³/mol. The fraction of sp³-hybridized carbons (Fsp3) is 0.500. The number of aromatic nitrogens is 2. The lowest BCUT2D eigenvalue weighted by Gasteiger charge is -2.32. The van der Waals surface area contributed by atoms with E-state index < -0.39 is 79.9 Å². The molecular formula is C44H48F3N7O9S. The molecule has 9 rings (SSSR count). The van der Waals surface area contributed by atoms with Gasteiger partial charge < -0.3 is 34.3 Å². The van der Waals surface area contributed by atoms with Crippen molar-refractivity contribution in [1.82, 2.24) is 35.1 Å². The Morgan fingerprint density at radius 2 is 1.75 bits per heavy atom. The number of alkyl halides is 3. The number of allylic oxidation sites excluding steroid dienone is 1. The van der Waals surface area contributed by atoms with Crippen molar-refractivity contribution >= 4 is 55.8 Å². The number of nitrogens with zero attached hydrogens (tertiary/aromatic N) is 4. The molecule has 2 aromatic carbocycles. The van der Waals surface area contributed by atoms with E-state index in [1.165, 1.54) is 17.0 Å². The van der Waals surface area contributed by atoms with Crippen LogP contribution >= 0.6 is 0 Å². The molecule has 5 atom stereocenters. The minimum absolute atomic E-state index is 0.0334. The molecule has 4 fully saturated rings. The number of morpholine rings is 1. The zero-order valence-electron chi connectivity index (χ0n) is 35.0. The van der Waals surface area contributed by atoms with Crippen LogP contribution in [0, 0.1) is 5.92 Å². The number of sulfonamides is 1. The second-order valence-corrected chi connectivity index (χ2v) is 19.7. The average Bonchev–Trinajstić information content (AvgIpc) is 4.10. The van der Waals surface area contributed by atoms with Crippen molar-refractivity contribution in [2.75, 3.05) is 32.8 Å². The highest BCUT2D eigenvalue weighted by Crippen LogP contribution is 2.48. The normalized spacial score (nSPS) is 26.8. The number of ether oxygens (including phenoxy) is 2. The summed E-state index contributed by atoms with van der Waals surface area (Å²) in [6.07, 6.45) is 1.93. The Hall–Kier alpha value is -5.76. The zero-order valence-corrected chi connectivity index (χ0v) is 35.8. The van der Waals surface area contributed by atoms with Crippen LogP contribution in [-0.2, 0) is 35.3 Å². The van der Waals surface area contributed by atoms with Crippen LogP contribution in [0.5, 0.6) is 5.88 Å². The number of halogens is 3. The van der Waals surface area contributed by atoms with Crippen LogP contribution in [-0.4, -0.2) is 113 Å². The highest BCUT2D eigenvalue weighted by Gasteiger charge is 2.63. The first-order chi connectivity index (χ1) is 30.5. The third kappa shape index (κ3) is 8.48. The maximum atomic E-state index is 14.8. The molecular weight excluding hydrogens is 860 g/mol. The third-order valence-electron chi connectivity index (χ3n) is 13.0. The number of para-hydroxylation sites is 1. The molecule has 5 amide bonds. The van der Waals surface area contributed by atoms with Crippen LogP contribution in [0.1, 0.15) is 70.3 Å². The third-order valence-corrected chi connectivity index (χ3v) is 15.2. The zero-order chi connectivity index (χ0) is 45.0. The SMILES string of the molecule is CC1(S(=O)(=O)NC(=O)[C@@]23C[C@@H]2/C=C\CCCCC[C@H](NC(=O)N2CCOCC2)C(=O)N2C[C@H](Oc4nc(-c5ccc(C(F)(F)F)cc5)nc5c4oc4ccccc45)C[C@H]2C(=O)N3)CC1. The monoisotopic (exact) mass is 907 g/mol. The van der Waals surface area contributed by atoms with Gasteiger partial charge in [0.05, 0.1) is 30.1 Å². The predicted octanol–water partition coefficient (Wildman–Crippen LogP) is 5.21. The van der Waals surface area contributed by atoms with E-state index in [1.54, 1.807) is 36.1 Å². The van der Waals surface area contributed by atoms with Gasteiger partial charge in [-0.1, -0.05) is 49.3 Å². The smallest absolute Gasteiger partial charge is 0.416 e. The average molecular weight is 908 g/mol. The number of amides is 5. The number of urea groups is 1. The Labute approximate surface area is 366 Å². The van der Waals surface area contributed by atoms with E-state index in [9.17, 15) is 40.8 Å². The van der Waals surface area contributed by atoms with Crippen molar-refractivity contribution in [2.24, 2.45) is 5.92 Å². The van der Waals surface area contributed by atoms with Gasteiger partial charge in [-0.2, -0.15) is 18.2 Å². The lowest BCUT2D eigenvalue weighted by atomic mass is 10.0. The van der Waals surface area contributed by atoms with Crippen molar-refractivity contribution in [3.63, 3.8) is 0 Å². The van der Waals surface area contributed by atoms with E-state index in [-0.39, 0.29) is 48.7 Å². The van der Waals surface area contributed by atoms with Crippen molar-refractivity contribution in [2.45, 2.75) is 99.4 Å². The van der Waals surface area contributed by atoms with Gasteiger partial charge in [0.1, 0.15) is 34.8 Å². The van der Waals surface area contributed by atoms with Crippen LogP contribution in [0.15, 0.2) is 65.1 Å². The fourth-order valence-corrected chi connectivity index (χ4v) is 10.0. The molecule has 0 spiro atoms. The van der Waals surface area contributed by atoms with E-state index in [2.05, 4.69) is 25.3 Å². The van der Waals surface area contributed by atoms with Gasteiger partial charge in [-0.15, -0.1) is 0 Å². The first kappa shape index (κ1) is 43.5. The number of benzene rings is 2. The topological polar surface area (TPSA) is 202 Å². The second-order valence-electron chi connectivity index (χ2n) is 17.5. The molecule has 340 valence electrons. The molecule has 0 bridgehead atoms.